The highest BCUT2D eigenvalue weighted by molar-refractivity contribution is 6.42. The maximum Gasteiger partial charge on any atom is 0.248 e. The first-order valence-corrected chi connectivity index (χ1v) is 6.04. The third-order valence-electron chi connectivity index (χ3n) is 2.17. The third-order valence-corrected chi connectivity index (χ3v) is 2.91. The van der Waals surface area contributed by atoms with Gasteiger partial charge in [0.2, 0.25) is 11.8 Å². The molecule has 0 aromatic heterocycles. The molecule has 4 N–H and O–H groups in total. The van der Waals surface area contributed by atoms with Crippen molar-refractivity contribution in [3.05, 3.63) is 39.9 Å². The molecule has 1 aromatic rings. The summed E-state index contributed by atoms with van der Waals surface area (Å²) in [6.45, 7) is -0.236. The fourth-order valence-corrected chi connectivity index (χ4v) is 1.45. The average Bonchev–Trinajstić information content (AvgIpc) is 2.37. The molecule has 2 amide bonds. The van der Waals surface area contributed by atoms with Gasteiger partial charge in [-0.15, -0.1) is 0 Å². The van der Waals surface area contributed by atoms with E-state index < -0.39 is 17.9 Å². The molecule has 0 fully saturated rings. The van der Waals surface area contributed by atoms with Crippen LogP contribution in [0.1, 0.15) is 5.56 Å². The van der Waals surface area contributed by atoms with Crippen LogP contribution in [0.5, 0.6) is 0 Å². The highest BCUT2D eigenvalue weighted by Gasteiger charge is 2.10. The van der Waals surface area contributed by atoms with Gasteiger partial charge in [-0.25, -0.2) is 0 Å². The number of rotatable bonds is 5. The van der Waals surface area contributed by atoms with Crippen LogP contribution in [0.3, 0.4) is 0 Å². The first kappa shape index (κ1) is 15.5. The molecule has 5 nitrogen and oxygen atoms in total. The molecule has 0 spiro atoms. The molecule has 0 bridgehead atoms. The number of amides is 2. The SMILES string of the molecule is NC(=O)C(O)CNC(=O)/C=C/c1ccc(Cl)c(Cl)c1. The summed E-state index contributed by atoms with van der Waals surface area (Å²) < 4.78 is 0. The largest absolute Gasteiger partial charge is 0.381 e. The number of nitrogens with one attached hydrogen (secondary N) is 1. The van der Waals surface area contributed by atoms with E-state index in [4.69, 9.17) is 34.0 Å². The van der Waals surface area contributed by atoms with E-state index in [-0.39, 0.29) is 6.54 Å². The second-order valence-corrected chi connectivity index (χ2v) is 4.48. The Kier molecular flexibility index (Phi) is 5.82. The third kappa shape index (κ3) is 5.30. The number of aliphatic hydroxyl groups excluding tert-OH is 1. The molecule has 0 aliphatic heterocycles. The Hall–Kier alpha value is -1.56. The van der Waals surface area contributed by atoms with Gasteiger partial charge in [0, 0.05) is 6.08 Å². The van der Waals surface area contributed by atoms with E-state index in [9.17, 15) is 9.59 Å². The number of carbonyl (C=O) groups excluding carboxylic acids is 2. The summed E-state index contributed by atoms with van der Waals surface area (Å²) in [7, 11) is 0. The van der Waals surface area contributed by atoms with Gasteiger partial charge in [0.15, 0.2) is 0 Å². The molecule has 0 heterocycles. The van der Waals surface area contributed by atoms with Crippen LogP contribution in [0.15, 0.2) is 24.3 Å². The molecule has 7 heteroatoms. The Bertz CT molecular complexity index is 518. The van der Waals surface area contributed by atoms with Crippen LogP contribution in [0.25, 0.3) is 6.08 Å². The van der Waals surface area contributed by atoms with Crippen LogP contribution >= 0.6 is 23.2 Å². The molecule has 1 aromatic carbocycles. The zero-order valence-electron chi connectivity index (χ0n) is 9.77. The topological polar surface area (TPSA) is 92.4 Å². The van der Waals surface area contributed by atoms with Crippen LogP contribution in [0.2, 0.25) is 10.0 Å². The van der Waals surface area contributed by atoms with E-state index in [1.165, 1.54) is 12.2 Å². The summed E-state index contributed by atoms with van der Waals surface area (Å²) in [5.74, 6) is -1.36. The van der Waals surface area contributed by atoms with Gasteiger partial charge in [0.1, 0.15) is 6.10 Å². The van der Waals surface area contributed by atoms with Crippen LogP contribution in [0, 0.1) is 0 Å². The Labute approximate surface area is 120 Å². The minimum Gasteiger partial charge on any atom is -0.381 e. The van der Waals surface area contributed by atoms with Gasteiger partial charge in [0.05, 0.1) is 16.6 Å². The van der Waals surface area contributed by atoms with Crippen molar-refractivity contribution in [1.29, 1.82) is 0 Å². The fraction of sp³-hybridized carbons (Fsp3) is 0.167. The van der Waals surface area contributed by atoms with Crippen molar-refractivity contribution in [2.75, 3.05) is 6.54 Å². The van der Waals surface area contributed by atoms with Crippen LogP contribution in [-0.2, 0) is 9.59 Å². The number of hydrogen-bond donors (Lipinski definition) is 3. The lowest BCUT2D eigenvalue weighted by molar-refractivity contribution is -0.126. The van der Waals surface area contributed by atoms with Gasteiger partial charge in [0.25, 0.3) is 0 Å². The maximum absolute atomic E-state index is 11.4. The number of carbonyl (C=O) groups is 2. The highest BCUT2D eigenvalue weighted by atomic mass is 35.5. The second kappa shape index (κ2) is 7.13. The summed E-state index contributed by atoms with van der Waals surface area (Å²) in [6.07, 6.45) is 1.36. The van der Waals surface area contributed by atoms with Gasteiger partial charge in [-0.1, -0.05) is 29.3 Å². The fourth-order valence-electron chi connectivity index (χ4n) is 1.14. The van der Waals surface area contributed by atoms with Crippen LogP contribution < -0.4 is 11.1 Å². The first-order valence-electron chi connectivity index (χ1n) is 5.28. The van der Waals surface area contributed by atoms with Crippen molar-refractivity contribution < 1.29 is 14.7 Å². The molecule has 1 rings (SSSR count). The summed E-state index contributed by atoms with van der Waals surface area (Å²) in [5, 5.41) is 12.2. The Morgan fingerprint density at radius 1 is 1.37 bits per heavy atom. The molecule has 1 atom stereocenters. The predicted molar refractivity (Wildman–Crippen MR) is 73.7 cm³/mol. The van der Waals surface area contributed by atoms with Crippen molar-refractivity contribution in [3.8, 4) is 0 Å². The number of hydrogen-bond acceptors (Lipinski definition) is 3. The quantitative estimate of drug-likeness (QED) is 0.708. The van der Waals surface area contributed by atoms with Crippen molar-refractivity contribution >= 4 is 41.1 Å². The number of nitrogens with two attached hydrogens (primary N) is 1. The number of halogens is 2. The average molecular weight is 303 g/mol. The van der Waals surface area contributed by atoms with E-state index in [1.54, 1.807) is 18.2 Å². The van der Waals surface area contributed by atoms with Gasteiger partial charge < -0.3 is 16.2 Å². The predicted octanol–water partition coefficient (Wildman–Crippen LogP) is 0.969. The Morgan fingerprint density at radius 2 is 2.05 bits per heavy atom. The number of primary amides is 1. The van der Waals surface area contributed by atoms with Crippen molar-refractivity contribution in [1.82, 2.24) is 5.32 Å². The molecule has 0 saturated carbocycles. The molecule has 102 valence electrons. The monoisotopic (exact) mass is 302 g/mol. The summed E-state index contributed by atoms with van der Waals surface area (Å²) in [6, 6.07) is 4.90. The number of aliphatic hydroxyl groups is 1. The standard InChI is InChI=1S/C12H12Cl2N2O3/c13-8-3-1-7(5-9(8)14)2-4-11(18)16-6-10(17)12(15)19/h1-5,10,17H,6H2,(H2,15,19)(H,16,18)/b4-2+. The molecule has 19 heavy (non-hydrogen) atoms. The maximum atomic E-state index is 11.4. The molecule has 0 aliphatic carbocycles. The Morgan fingerprint density at radius 3 is 2.63 bits per heavy atom. The zero-order chi connectivity index (χ0) is 14.4. The molecular formula is C12H12Cl2N2O3. The molecular weight excluding hydrogens is 291 g/mol. The normalized spacial score (nSPS) is 12.4. The van der Waals surface area contributed by atoms with Gasteiger partial charge in [-0.3, -0.25) is 9.59 Å². The zero-order valence-corrected chi connectivity index (χ0v) is 11.3. The van der Waals surface area contributed by atoms with Gasteiger partial charge in [-0.05, 0) is 23.8 Å². The second-order valence-electron chi connectivity index (χ2n) is 3.67. The smallest absolute Gasteiger partial charge is 0.248 e. The van der Waals surface area contributed by atoms with Crippen LogP contribution in [0.4, 0.5) is 0 Å². The van der Waals surface area contributed by atoms with E-state index >= 15 is 0 Å². The molecule has 1 unspecified atom stereocenters. The summed E-state index contributed by atoms with van der Waals surface area (Å²) in [4.78, 5) is 21.9. The lowest BCUT2D eigenvalue weighted by atomic mass is 10.2. The first-order chi connectivity index (χ1) is 8.90. The van der Waals surface area contributed by atoms with E-state index in [2.05, 4.69) is 5.32 Å². The summed E-state index contributed by atoms with van der Waals surface area (Å²) in [5.41, 5.74) is 5.53. The van der Waals surface area contributed by atoms with Crippen molar-refractivity contribution in [2.24, 2.45) is 5.73 Å². The molecule has 0 radical (unpaired) electrons. The summed E-state index contributed by atoms with van der Waals surface area (Å²) >= 11 is 11.6. The molecule has 0 aliphatic rings. The number of benzene rings is 1. The van der Waals surface area contributed by atoms with E-state index in [0.717, 1.165) is 0 Å². The lowest BCUT2D eigenvalue weighted by Gasteiger charge is -2.06. The van der Waals surface area contributed by atoms with Gasteiger partial charge in [-0.2, -0.15) is 0 Å². The van der Waals surface area contributed by atoms with Crippen LogP contribution in [-0.4, -0.2) is 29.6 Å². The van der Waals surface area contributed by atoms with Crippen molar-refractivity contribution in [2.45, 2.75) is 6.10 Å². The Balaban J connectivity index is 2.54. The highest BCUT2D eigenvalue weighted by Crippen LogP contribution is 2.22. The van der Waals surface area contributed by atoms with E-state index in [1.807, 2.05) is 0 Å². The van der Waals surface area contributed by atoms with Gasteiger partial charge >= 0.3 is 0 Å². The molecule has 0 saturated heterocycles. The van der Waals surface area contributed by atoms with E-state index in [0.29, 0.717) is 15.6 Å². The minimum atomic E-state index is -1.40. The lowest BCUT2D eigenvalue weighted by Crippen LogP contribution is -2.39. The minimum absolute atomic E-state index is 0.236. The van der Waals surface area contributed by atoms with Crippen molar-refractivity contribution in [3.63, 3.8) is 0 Å².